The monoisotopic (exact) mass is 635 g/mol. The molecule has 2 aromatic heterocycles. The molecule has 2 aliphatic rings. The summed E-state index contributed by atoms with van der Waals surface area (Å²) in [5, 5.41) is 8.10. The molecule has 0 bridgehead atoms. The third kappa shape index (κ3) is 6.51. The number of para-hydroxylation sites is 1. The fourth-order valence-electron chi connectivity index (χ4n) is 5.96. The second-order valence-corrected chi connectivity index (χ2v) is 11.4. The number of nitrogens with one attached hydrogen (secondary N) is 3. The lowest BCUT2D eigenvalue weighted by Crippen LogP contribution is -2.78. The first-order chi connectivity index (χ1) is 22.7. The number of carbonyl (C=O) groups excluding carboxylic acids is 5. The maximum Gasteiger partial charge on any atom is 0.328 e. The Morgan fingerprint density at radius 1 is 0.915 bits per heavy atom. The van der Waals surface area contributed by atoms with E-state index in [0.29, 0.717) is 29.9 Å². The zero-order chi connectivity index (χ0) is 33.0. The van der Waals surface area contributed by atoms with Crippen LogP contribution in [0.25, 0.3) is 10.9 Å². The van der Waals surface area contributed by atoms with Crippen LogP contribution in [0.15, 0.2) is 79.1 Å². The van der Waals surface area contributed by atoms with E-state index in [1.54, 1.807) is 52.4 Å². The topological polar surface area (TPSA) is 163 Å². The molecule has 4 heterocycles. The van der Waals surface area contributed by atoms with Gasteiger partial charge in [0.2, 0.25) is 0 Å². The van der Waals surface area contributed by atoms with Gasteiger partial charge in [-0.25, -0.2) is 4.79 Å². The molecular formula is C34H33N7O6. The van der Waals surface area contributed by atoms with E-state index in [2.05, 4.69) is 32.0 Å². The summed E-state index contributed by atoms with van der Waals surface area (Å²) in [5.41, 5.74) is 1.83. The lowest BCUT2D eigenvalue weighted by Gasteiger charge is -2.46. The van der Waals surface area contributed by atoms with Gasteiger partial charge in [0, 0.05) is 61.6 Å². The average Bonchev–Trinajstić information content (AvgIpc) is 3.08. The average molecular weight is 636 g/mol. The van der Waals surface area contributed by atoms with Gasteiger partial charge in [0.25, 0.3) is 23.6 Å². The molecule has 0 aliphatic carbocycles. The number of ether oxygens (including phenoxy) is 1. The zero-order valence-electron chi connectivity index (χ0n) is 25.7. The van der Waals surface area contributed by atoms with E-state index in [4.69, 9.17) is 4.74 Å². The summed E-state index contributed by atoms with van der Waals surface area (Å²) in [7, 11) is 0. The van der Waals surface area contributed by atoms with Crippen LogP contribution in [0.2, 0.25) is 0 Å². The molecule has 2 aromatic carbocycles. The van der Waals surface area contributed by atoms with Crippen LogP contribution >= 0.6 is 0 Å². The standard InChI is InChI=1S/C34H33N7O6/c1-22-19-24(27-6-2-3-7-28(27)37-22)12-18-47-26-10-8-23(9-11-26)29(42)36-21-34(31(44)38-33(46)39-32(34)45)41-16-14-40(15-17-41)30(43)25-5-4-13-35-20-25/h2-11,13,19-20H,12,14-18,21H2,1H3,(H,36,42)(H2,38,39,44,45,46). The van der Waals surface area contributed by atoms with Crippen molar-refractivity contribution >= 4 is 40.6 Å². The minimum absolute atomic E-state index is 0.151. The highest BCUT2D eigenvalue weighted by Crippen LogP contribution is 2.23. The fourth-order valence-corrected chi connectivity index (χ4v) is 5.96. The normalized spacial score (nSPS) is 16.4. The highest BCUT2D eigenvalue weighted by atomic mass is 16.5. The van der Waals surface area contributed by atoms with Gasteiger partial charge in [-0.1, -0.05) is 18.2 Å². The van der Waals surface area contributed by atoms with E-state index in [9.17, 15) is 24.0 Å². The largest absolute Gasteiger partial charge is 0.493 e. The second-order valence-electron chi connectivity index (χ2n) is 11.4. The van der Waals surface area contributed by atoms with Gasteiger partial charge in [0.05, 0.1) is 24.2 Å². The molecule has 2 saturated heterocycles. The number of hydrogen-bond acceptors (Lipinski definition) is 9. The lowest BCUT2D eigenvalue weighted by molar-refractivity contribution is -0.148. The highest BCUT2D eigenvalue weighted by molar-refractivity contribution is 6.23. The molecule has 13 heteroatoms. The number of pyridine rings is 2. The molecule has 240 valence electrons. The quantitative estimate of drug-likeness (QED) is 0.233. The molecule has 0 atom stereocenters. The van der Waals surface area contributed by atoms with Crippen molar-refractivity contribution in [2.45, 2.75) is 18.9 Å². The molecule has 0 radical (unpaired) electrons. The number of nitrogens with zero attached hydrogens (tertiary/aromatic N) is 4. The van der Waals surface area contributed by atoms with Gasteiger partial charge in [-0.2, -0.15) is 0 Å². The number of piperazine rings is 1. The third-order valence-corrected chi connectivity index (χ3v) is 8.41. The Bertz CT molecular complexity index is 1820. The van der Waals surface area contributed by atoms with Crippen molar-refractivity contribution < 1.29 is 28.7 Å². The van der Waals surface area contributed by atoms with Gasteiger partial charge in [-0.05, 0) is 61.0 Å². The third-order valence-electron chi connectivity index (χ3n) is 8.41. The molecule has 2 aliphatic heterocycles. The van der Waals surface area contributed by atoms with Gasteiger partial charge in [-0.15, -0.1) is 0 Å². The predicted octanol–water partition coefficient (Wildman–Crippen LogP) is 1.85. The minimum Gasteiger partial charge on any atom is -0.493 e. The van der Waals surface area contributed by atoms with Gasteiger partial charge < -0.3 is 15.0 Å². The van der Waals surface area contributed by atoms with Crippen molar-refractivity contribution in [1.82, 2.24) is 35.7 Å². The maximum atomic E-state index is 13.3. The van der Waals surface area contributed by atoms with E-state index in [1.165, 1.54) is 6.20 Å². The number of barbiturate groups is 1. The van der Waals surface area contributed by atoms with E-state index < -0.39 is 35.8 Å². The summed E-state index contributed by atoms with van der Waals surface area (Å²) >= 11 is 0. The maximum absolute atomic E-state index is 13.3. The first-order valence-corrected chi connectivity index (χ1v) is 15.2. The summed E-state index contributed by atoms with van der Waals surface area (Å²) in [4.78, 5) is 76.3. The van der Waals surface area contributed by atoms with Crippen LogP contribution in [0, 0.1) is 6.92 Å². The summed E-state index contributed by atoms with van der Waals surface area (Å²) < 4.78 is 5.95. The van der Waals surface area contributed by atoms with Crippen LogP contribution in [0.5, 0.6) is 5.75 Å². The Labute approximate surface area is 270 Å². The molecular weight excluding hydrogens is 602 g/mol. The molecule has 47 heavy (non-hydrogen) atoms. The van der Waals surface area contributed by atoms with E-state index in [1.807, 2.05) is 31.2 Å². The molecule has 3 N–H and O–H groups in total. The second kappa shape index (κ2) is 13.3. The van der Waals surface area contributed by atoms with Crippen LogP contribution in [0.3, 0.4) is 0 Å². The van der Waals surface area contributed by atoms with Gasteiger partial charge in [-0.3, -0.25) is 44.7 Å². The molecule has 4 aromatic rings. The molecule has 6 amide bonds. The molecule has 2 fully saturated rings. The van der Waals surface area contributed by atoms with Gasteiger partial charge in [0.15, 0.2) is 5.54 Å². The summed E-state index contributed by atoms with van der Waals surface area (Å²) in [6.07, 6.45) is 3.72. The summed E-state index contributed by atoms with van der Waals surface area (Å²) in [6, 6.07) is 19.0. The number of imide groups is 2. The fraction of sp³-hybridized carbons (Fsp3) is 0.265. The number of benzene rings is 2. The summed E-state index contributed by atoms with van der Waals surface area (Å²) in [5.74, 6) is -1.85. The lowest BCUT2D eigenvalue weighted by atomic mass is 9.91. The van der Waals surface area contributed by atoms with Crippen LogP contribution in [0.4, 0.5) is 4.79 Å². The van der Waals surface area contributed by atoms with Crippen molar-refractivity contribution in [3.8, 4) is 5.75 Å². The molecule has 0 unspecified atom stereocenters. The Hall–Kier alpha value is -5.69. The van der Waals surface area contributed by atoms with Crippen molar-refractivity contribution in [1.29, 1.82) is 0 Å². The number of fused-ring (bicyclic) bond motifs is 1. The number of hydrogen-bond donors (Lipinski definition) is 3. The SMILES string of the molecule is Cc1cc(CCOc2ccc(C(=O)NCC3(N4CCN(C(=O)c5cccnc5)CC4)C(=O)NC(=O)NC3=O)cc2)c2ccccc2n1. The van der Waals surface area contributed by atoms with Gasteiger partial charge in [0.1, 0.15) is 5.75 Å². The van der Waals surface area contributed by atoms with Crippen LogP contribution in [-0.2, 0) is 16.0 Å². The number of urea groups is 1. The van der Waals surface area contributed by atoms with Gasteiger partial charge >= 0.3 is 6.03 Å². The first kappa shape index (κ1) is 31.3. The Morgan fingerprint density at radius 2 is 1.64 bits per heavy atom. The molecule has 6 rings (SSSR count). The first-order valence-electron chi connectivity index (χ1n) is 15.2. The molecule has 0 spiro atoms. The Morgan fingerprint density at radius 3 is 2.34 bits per heavy atom. The van der Waals surface area contributed by atoms with Crippen molar-refractivity contribution in [2.75, 3.05) is 39.3 Å². The molecule has 13 nitrogen and oxygen atoms in total. The predicted molar refractivity (Wildman–Crippen MR) is 171 cm³/mol. The minimum atomic E-state index is -1.90. The summed E-state index contributed by atoms with van der Waals surface area (Å²) in [6.45, 7) is 2.72. The zero-order valence-corrected chi connectivity index (χ0v) is 25.7. The van der Waals surface area contributed by atoms with E-state index in [0.717, 1.165) is 22.2 Å². The molecule has 0 saturated carbocycles. The Balaban J connectivity index is 1.08. The van der Waals surface area contributed by atoms with Crippen molar-refractivity contribution in [3.63, 3.8) is 0 Å². The van der Waals surface area contributed by atoms with E-state index in [-0.39, 0.29) is 32.1 Å². The Kier molecular flexibility index (Phi) is 8.89. The van der Waals surface area contributed by atoms with Crippen molar-refractivity contribution in [3.05, 3.63) is 102 Å². The van der Waals surface area contributed by atoms with E-state index >= 15 is 0 Å². The smallest absolute Gasteiger partial charge is 0.328 e. The number of amides is 6. The van der Waals surface area contributed by atoms with Crippen molar-refractivity contribution in [2.24, 2.45) is 0 Å². The highest BCUT2D eigenvalue weighted by Gasteiger charge is 2.55. The van der Waals surface area contributed by atoms with Crippen LogP contribution in [-0.4, -0.2) is 94.3 Å². The number of rotatable bonds is 9. The number of carbonyl (C=O) groups is 5. The number of aryl methyl sites for hydroxylation is 1. The van der Waals surface area contributed by atoms with Crippen LogP contribution in [0.1, 0.15) is 32.0 Å². The number of aromatic nitrogens is 2. The van der Waals surface area contributed by atoms with Crippen LogP contribution < -0.4 is 20.7 Å².